The van der Waals surface area contributed by atoms with Crippen molar-refractivity contribution in [1.82, 2.24) is 0 Å². The van der Waals surface area contributed by atoms with Crippen molar-refractivity contribution in [2.24, 2.45) is 5.92 Å². The third kappa shape index (κ3) is 4.47. The molecule has 1 rings (SSSR count). The Hall–Kier alpha value is -1.31. The topological polar surface area (TPSA) is 26.3 Å². The van der Waals surface area contributed by atoms with Crippen molar-refractivity contribution in [2.75, 3.05) is 6.61 Å². The molecule has 0 fully saturated rings. The van der Waals surface area contributed by atoms with E-state index in [-0.39, 0.29) is 5.97 Å². The van der Waals surface area contributed by atoms with E-state index in [4.69, 9.17) is 4.74 Å². The Kier molecular flexibility index (Phi) is 5.62. The third-order valence-corrected chi connectivity index (χ3v) is 2.56. The molecular weight excluding hydrogens is 200 g/mol. The van der Waals surface area contributed by atoms with Crippen molar-refractivity contribution in [3.05, 3.63) is 35.9 Å². The number of unbranched alkanes of at least 4 members (excludes halogenated alkanes) is 1. The zero-order chi connectivity index (χ0) is 11.8. The summed E-state index contributed by atoms with van der Waals surface area (Å²) in [6.45, 7) is 4.81. The van der Waals surface area contributed by atoms with E-state index in [0.717, 1.165) is 6.42 Å². The maximum absolute atomic E-state index is 11.6. The van der Waals surface area contributed by atoms with E-state index >= 15 is 0 Å². The SMILES string of the molecule is CCCCC(C)COC(=O)c1ccccc1. The summed E-state index contributed by atoms with van der Waals surface area (Å²) < 4.78 is 5.25. The van der Waals surface area contributed by atoms with Crippen LogP contribution in [0.15, 0.2) is 30.3 Å². The van der Waals surface area contributed by atoms with E-state index in [1.165, 1.54) is 12.8 Å². The van der Waals surface area contributed by atoms with Gasteiger partial charge in [-0.3, -0.25) is 0 Å². The molecule has 0 saturated heterocycles. The molecule has 1 aromatic carbocycles. The largest absolute Gasteiger partial charge is 0.462 e. The molecule has 0 N–H and O–H groups in total. The van der Waals surface area contributed by atoms with Crippen LogP contribution in [0, 0.1) is 5.92 Å². The highest BCUT2D eigenvalue weighted by molar-refractivity contribution is 5.89. The molecule has 0 aliphatic heterocycles. The average Bonchev–Trinajstić information content (AvgIpc) is 2.34. The third-order valence-electron chi connectivity index (χ3n) is 2.56. The van der Waals surface area contributed by atoms with Crippen LogP contribution in [0.4, 0.5) is 0 Å². The molecule has 0 aliphatic rings. The normalized spacial score (nSPS) is 12.1. The minimum Gasteiger partial charge on any atom is -0.462 e. The molecule has 0 spiro atoms. The molecule has 88 valence electrons. The first-order valence-electron chi connectivity index (χ1n) is 5.96. The first kappa shape index (κ1) is 12.8. The van der Waals surface area contributed by atoms with Crippen LogP contribution in [0.1, 0.15) is 43.5 Å². The molecule has 0 bridgehead atoms. The number of carbonyl (C=O) groups excluding carboxylic acids is 1. The molecule has 16 heavy (non-hydrogen) atoms. The fourth-order valence-electron chi connectivity index (χ4n) is 1.51. The van der Waals surface area contributed by atoms with E-state index in [1.54, 1.807) is 12.1 Å². The van der Waals surface area contributed by atoms with Crippen LogP contribution < -0.4 is 0 Å². The highest BCUT2D eigenvalue weighted by Gasteiger charge is 2.08. The fraction of sp³-hybridized carbons (Fsp3) is 0.500. The molecule has 2 nitrogen and oxygen atoms in total. The molecule has 0 aromatic heterocycles. The van der Waals surface area contributed by atoms with Crippen molar-refractivity contribution in [3.8, 4) is 0 Å². The summed E-state index contributed by atoms with van der Waals surface area (Å²) in [6, 6.07) is 9.13. The Bertz CT molecular complexity index is 306. The first-order valence-corrected chi connectivity index (χ1v) is 5.96. The Labute approximate surface area is 97.6 Å². The van der Waals surface area contributed by atoms with Gasteiger partial charge in [-0.1, -0.05) is 44.9 Å². The number of ether oxygens (including phenoxy) is 1. The molecule has 0 aliphatic carbocycles. The minimum atomic E-state index is -0.219. The van der Waals surface area contributed by atoms with Crippen molar-refractivity contribution < 1.29 is 9.53 Å². The molecule has 1 unspecified atom stereocenters. The van der Waals surface area contributed by atoms with Crippen molar-refractivity contribution >= 4 is 5.97 Å². The van der Waals surface area contributed by atoms with Gasteiger partial charge in [0.25, 0.3) is 0 Å². The van der Waals surface area contributed by atoms with E-state index < -0.39 is 0 Å². The number of benzene rings is 1. The van der Waals surface area contributed by atoms with Gasteiger partial charge in [0.15, 0.2) is 0 Å². The van der Waals surface area contributed by atoms with Crippen LogP contribution in [-0.4, -0.2) is 12.6 Å². The fourth-order valence-corrected chi connectivity index (χ4v) is 1.51. The van der Waals surface area contributed by atoms with Gasteiger partial charge in [-0.15, -0.1) is 0 Å². The average molecular weight is 220 g/mol. The van der Waals surface area contributed by atoms with Crippen molar-refractivity contribution in [2.45, 2.75) is 33.1 Å². The Morgan fingerprint density at radius 3 is 2.62 bits per heavy atom. The zero-order valence-corrected chi connectivity index (χ0v) is 10.1. The molecule has 2 heteroatoms. The summed E-state index contributed by atoms with van der Waals surface area (Å²) >= 11 is 0. The van der Waals surface area contributed by atoms with Gasteiger partial charge in [-0.25, -0.2) is 4.79 Å². The summed E-state index contributed by atoms with van der Waals surface area (Å²) in [5, 5.41) is 0. The molecule has 0 saturated carbocycles. The van der Waals surface area contributed by atoms with Crippen LogP contribution >= 0.6 is 0 Å². The number of esters is 1. The van der Waals surface area contributed by atoms with Crippen LogP contribution in [0.2, 0.25) is 0 Å². The second kappa shape index (κ2) is 7.04. The highest BCUT2D eigenvalue weighted by Crippen LogP contribution is 2.09. The van der Waals surface area contributed by atoms with E-state index in [9.17, 15) is 4.79 Å². The molecular formula is C14H20O2. The Morgan fingerprint density at radius 2 is 2.00 bits per heavy atom. The maximum Gasteiger partial charge on any atom is 0.338 e. The summed E-state index contributed by atoms with van der Waals surface area (Å²) in [4.78, 5) is 11.6. The second-order valence-corrected chi connectivity index (χ2v) is 4.21. The second-order valence-electron chi connectivity index (χ2n) is 4.21. The number of carbonyl (C=O) groups is 1. The summed E-state index contributed by atoms with van der Waals surface area (Å²) in [5.74, 6) is 0.233. The molecule has 1 aromatic rings. The molecule has 0 heterocycles. The highest BCUT2D eigenvalue weighted by atomic mass is 16.5. The Balaban J connectivity index is 2.30. The van der Waals surface area contributed by atoms with Gasteiger partial charge in [-0.05, 0) is 24.5 Å². The number of rotatable bonds is 6. The van der Waals surface area contributed by atoms with Gasteiger partial charge in [0.1, 0.15) is 0 Å². The predicted molar refractivity (Wildman–Crippen MR) is 65.4 cm³/mol. The van der Waals surface area contributed by atoms with Gasteiger partial charge in [0.2, 0.25) is 0 Å². The summed E-state index contributed by atoms with van der Waals surface area (Å²) in [7, 11) is 0. The van der Waals surface area contributed by atoms with Crippen LogP contribution in [0.25, 0.3) is 0 Å². The predicted octanol–water partition coefficient (Wildman–Crippen LogP) is 3.67. The zero-order valence-electron chi connectivity index (χ0n) is 10.1. The van der Waals surface area contributed by atoms with E-state index in [0.29, 0.717) is 18.1 Å². The standard InChI is InChI=1S/C14H20O2/c1-3-4-8-12(2)11-16-14(15)13-9-6-5-7-10-13/h5-7,9-10,12H,3-4,8,11H2,1-2H3. The van der Waals surface area contributed by atoms with Crippen LogP contribution in [0.5, 0.6) is 0 Å². The molecule has 0 amide bonds. The van der Waals surface area contributed by atoms with Crippen molar-refractivity contribution in [3.63, 3.8) is 0 Å². The van der Waals surface area contributed by atoms with Gasteiger partial charge in [0.05, 0.1) is 12.2 Å². The lowest BCUT2D eigenvalue weighted by molar-refractivity contribution is 0.0443. The lowest BCUT2D eigenvalue weighted by atomic mass is 10.1. The van der Waals surface area contributed by atoms with E-state index in [2.05, 4.69) is 13.8 Å². The summed E-state index contributed by atoms with van der Waals surface area (Å²) in [5.41, 5.74) is 0.630. The monoisotopic (exact) mass is 220 g/mol. The van der Waals surface area contributed by atoms with Crippen LogP contribution in [-0.2, 0) is 4.74 Å². The number of hydrogen-bond acceptors (Lipinski definition) is 2. The smallest absolute Gasteiger partial charge is 0.338 e. The summed E-state index contributed by atoms with van der Waals surface area (Å²) in [6.07, 6.45) is 3.51. The van der Waals surface area contributed by atoms with Gasteiger partial charge < -0.3 is 4.74 Å². The first-order chi connectivity index (χ1) is 7.74. The maximum atomic E-state index is 11.6. The lowest BCUT2D eigenvalue weighted by Gasteiger charge is -2.11. The van der Waals surface area contributed by atoms with Gasteiger partial charge in [-0.2, -0.15) is 0 Å². The van der Waals surface area contributed by atoms with Gasteiger partial charge >= 0.3 is 5.97 Å². The lowest BCUT2D eigenvalue weighted by Crippen LogP contribution is -2.12. The van der Waals surface area contributed by atoms with Crippen molar-refractivity contribution in [1.29, 1.82) is 0 Å². The molecule has 1 atom stereocenters. The molecule has 0 radical (unpaired) electrons. The van der Waals surface area contributed by atoms with E-state index in [1.807, 2.05) is 18.2 Å². The number of hydrogen-bond donors (Lipinski definition) is 0. The minimum absolute atomic E-state index is 0.219. The van der Waals surface area contributed by atoms with Gasteiger partial charge in [0, 0.05) is 0 Å². The van der Waals surface area contributed by atoms with Crippen LogP contribution in [0.3, 0.4) is 0 Å². The Morgan fingerprint density at radius 1 is 1.31 bits per heavy atom. The quantitative estimate of drug-likeness (QED) is 0.684.